The highest BCUT2D eigenvalue weighted by molar-refractivity contribution is 5.68. The Kier molecular flexibility index (Phi) is 4.56. The molecule has 1 N–H and O–H groups in total. The van der Waals surface area contributed by atoms with Gasteiger partial charge in [0.15, 0.2) is 0 Å². The maximum absolute atomic E-state index is 10.9. The number of rotatable bonds is 6. The molecule has 98 valence electrons. The van der Waals surface area contributed by atoms with Crippen molar-refractivity contribution in [1.82, 2.24) is 0 Å². The highest BCUT2D eigenvalue weighted by Crippen LogP contribution is 2.21. The molecule has 2 aromatic rings. The molecule has 0 saturated heterocycles. The predicted octanol–water partition coefficient (Wildman–Crippen LogP) is 3.32. The molecule has 1 atom stereocenters. The Balaban J connectivity index is 2.04. The molecule has 0 radical (unpaired) electrons. The molecule has 0 spiro atoms. The van der Waals surface area contributed by atoms with E-state index in [0.717, 1.165) is 11.3 Å². The first-order valence-corrected chi connectivity index (χ1v) is 6.20. The van der Waals surface area contributed by atoms with E-state index in [4.69, 9.17) is 9.84 Å². The summed E-state index contributed by atoms with van der Waals surface area (Å²) in [6.07, 6.45) is 0.0663. The van der Waals surface area contributed by atoms with E-state index in [-0.39, 0.29) is 12.3 Å². The molecule has 0 aliphatic heterocycles. The number of carbonyl (C=O) groups is 1. The van der Waals surface area contributed by atoms with Crippen molar-refractivity contribution in [2.45, 2.75) is 12.3 Å². The van der Waals surface area contributed by atoms with Gasteiger partial charge in [-0.15, -0.1) is 0 Å². The number of para-hydroxylation sites is 1. The summed E-state index contributed by atoms with van der Waals surface area (Å²) >= 11 is 0. The van der Waals surface area contributed by atoms with Gasteiger partial charge in [0.2, 0.25) is 0 Å². The predicted molar refractivity (Wildman–Crippen MR) is 73.4 cm³/mol. The van der Waals surface area contributed by atoms with Gasteiger partial charge < -0.3 is 9.84 Å². The van der Waals surface area contributed by atoms with E-state index in [0.29, 0.717) is 6.61 Å². The summed E-state index contributed by atoms with van der Waals surface area (Å²) in [4.78, 5) is 10.9. The number of carboxylic acids is 1. The van der Waals surface area contributed by atoms with Crippen molar-refractivity contribution in [3.63, 3.8) is 0 Å². The van der Waals surface area contributed by atoms with Crippen molar-refractivity contribution in [1.29, 1.82) is 0 Å². The number of aliphatic carboxylic acids is 1. The summed E-state index contributed by atoms with van der Waals surface area (Å²) < 4.78 is 5.66. The zero-order valence-corrected chi connectivity index (χ0v) is 10.5. The van der Waals surface area contributed by atoms with Crippen LogP contribution in [0.25, 0.3) is 0 Å². The lowest BCUT2D eigenvalue weighted by Crippen LogP contribution is -2.14. The summed E-state index contributed by atoms with van der Waals surface area (Å²) in [6, 6.07) is 19.0. The van der Waals surface area contributed by atoms with E-state index >= 15 is 0 Å². The van der Waals surface area contributed by atoms with Crippen LogP contribution in [0.15, 0.2) is 60.7 Å². The molecule has 2 rings (SSSR count). The second-order valence-corrected chi connectivity index (χ2v) is 4.33. The standard InChI is InChI=1S/C16H16O3/c17-16(18)11-14(13-7-3-1-4-8-13)12-19-15-9-5-2-6-10-15/h1-10,14H,11-12H2,(H,17,18). The fraction of sp³-hybridized carbons (Fsp3) is 0.188. The minimum atomic E-state index is -0.814. The molecule has 0 amide bonds. The Hall–Kier alpha value is -2.29. The molecule has 19 heavy (non-hydrogen) atoms. The van der Waals surface area contributed by atoms with Crippen LogP contribution in [0.5, 0.6) is 5.75 Å². The van der Waals surface area contributed by atoms with Crippen molar-refractivity contribution >= 4 is 5.97 Å². The first-order chi connectivity index (χ1) is 9.25. The summed E-state index contributed by atoms with van der Waals surface area (Å²) in [5.41, 5.74) is 0.987. The number of ether oxygens (including phenoxy) is 1. The molecule has 1 unspecified atom stereocenters. The molecule has 0 aliphatic carbocycles. The van der Waals surface area contributed by atoms with Crippen molar-refractivity contribution in [2.75, 3.05) is 6.61 Å². The van der Waals surface area contributed by atoms with E-state index in [9.17, 15) is 4.79 Å². The lowest BCUT2D eigenvalue weighted by atomic mass is 9.97. The van der Waals surface area contributed by atoms with Crippen LogP contribution in [-0.4, -0.2) is 17.7 Å². The molecule has 0 heterocycles. The SMILES string of the molecule is O=C(O)CC(COc1ccccc1)c1ccccc1. The van der Waals surface area contributed by atoms with E-state index in [2.05, 4.69) is 0 Å². The number of carboxylic acid groups (broad SMARTS) is 1. The molecule has 0 saturated carbocycles. The zero-order valence-electron chi connectivity index (χ0n) is 10.5. The highest BCUT2D eigenvalue weighted by Gasteiger charge is 2.16. The third kappa shape index (κ3) is 4.14. The molecule has 3 heteroatoms. The van der Waals surface area contributed by atoms with E-state index in [1.165, 1.54) is 0 Å². The Labute approximate surface area is 112 Å². The topological polar surface area (TPSA) is 46.5 Å². The minimum absolute atomic E-state index is 0.0663. The average Bonchev–Trinajstić information content (AvgIpc) is 2.45. The second kappa shape index (κ2) is 6.59. The first kappa shape index (κ1) is 13.1. The molecule has 3 nitrogen and oxygen atoms in total. The van der Waals surface area contributed by atoms with Gasteiger partial charge in [0.05, 0.1) is 13.0 Å². The first-order valence-electron chi connectivity index (χ1n) is 6.20. The Morgan fingerprint density at radius 1 is 1.00 bits per heavy atom. The van der Waals surface area contributed by atoms with E-state index in [1.54, 1.807) is 0 Å². The van der Waals surface area contributed by atoms with Crippen LogP contribution in [0.2, 0.25) is 0 Å². The maximum Gasteiger partial charge on any atom is 0.304 e. The van der Waals surface area contributed by atoms with Crippen LogP contribution in [0.1, 0.15) is 17.9 Å². The summed E-state index contributed by atoms with van der Waals surface area (Å²) in [7, 11) is 0. The number of benzene rings is 2. The average molecular weight is 256 g/mol. The van der Waals surface area contributed by atoms with Gasteiger partial charge in [-0.25, -0.2) is 0 Å². The number of hydrogen-bond donors (Lipinski definition) is 1. The van der Waals surface area contributed by atoms with Gasteiger partial charge in [-0.1, -0.05) is 48.5 Å². The van der Waals surface area contributed by atoms with Gasteiger partial charge in [0.1, 0.15) is 5.75 Å². The van der Waals surface area contributed by atoms with Crippen LogP contribution in [0.4, 0.5) is 0 Å². The quantitative estimate of drug-likeness (QED) is 0.862. The molecule has 0 fully saturated rings. The van der Waals surface area contributed by atoms with E-state index < -0.39 is 5.97 Å². The molecular weight excluding hydrogens is 240 g/mol. The third-order valence-corrected chi connectivity index (χ3v) is 2.89. The lowest BCUT2D eigenvalue weighted by Gasteiger charge is -2.16. The van der Waals surface area contributed by atoms with Crippen LogP contribution < -0.4 is 4.74 Å². The van der Waals surface area contributed by atoms with Crippen LogP contribution in [0.3, 0.4) is 0 Å². The number of hydrogen-bond acceptors (Lipinski definition) is 2. The van der Waals surface area contributed by atoms with Gasteiger partial charge in [-0.05, 0) is 17.7 Å². The fourth-order valence-electron chi connectivity index (χ4n) is 1.92. The zero-order chi connectivity index (χ0) is 13.5. The van der Waals surface area contributed by atoms with Crippen molar-refractivity contribution < 1.29 is 14.6 Å². The van der Waals surface area contributed by atoms with E-state index in [1.807, 2.05) is 60.7 Å². The Morgan fingerprint density at radius 3 is 2.16 bits per heavy atom. The van der Waals surface area contributed by atoms with Gasteiger partial charge in [0, 0.05) is 5.92 Å². The fourth-order valence-corrected chi connectivity index (χ4v) is 1.92. The second-order valence-electron chi connectivity index (χ2n) is 4.33. The summed E-state index contributed by atoms with van der Waals surface area (Å²) in [5.74, 6) is -0.196. The van der Waals surface area contributed by atoms with Crippen LogP contribution in [-0.2, 0) is 4.79 Å². The highest BCUT2D eigenvalue weighted by atomic mass is 16.5. The van der Waals surface area contributed by atoms with Crippen molar-refractivity contribution in [3.05, 3.63) is 66.2 Å². The molecule has 0 aliphatic rings. The normalized spacial score (nSPS) is 11.8. The van der Waals surface area contributed by atoms with Crippen LogP contribution in [0, 0.1) is 0 Å². The monoisotopic (exact) mass is 256 g/mol. The maximum atomic E-state index is 10.9. The smallest absolute Gasteiger partial charge is 0.304 e. The van der Waals surface area contributed by atoms with Crippen molar-refractivity contribution in [3.8, 4) is 5.75 Å². The Bertz CT molecular complexity index is 508. The summed E-state index contributed by atoms with van der Waals surface area (Å²) in [5, 5.41) is 8.99. The van der Waals surface area contributed by atoms with Gasteiger partial charge >= 0.3 is 5.97 Å². The van der Waals surface area contributed by atoms with Crippen LogP contribution >= 0.6 is 0 Å². The third-order valence-electron chi connectivity index (χ3n) is 2.89. The minimum Gasteiger partial charge on any atom is -0.493 e. The lowest BCUT2D eigenvalue weighted by molar-refractivity contribution is -0.137. The molecule has 2 aromatic carbocycles. The van der Waals surface area contributed by atoms with Crippen molar-refractivity contribution in [2.24, 2.45) is 0 Å². The summed E-state index contributed by atoms with van der Waals surface area (Å²) in [6.45, 7) is 0.361. The van der Waals surface area contributed by atoms with Gasteiger partial charge in [-0.2, -0.15) is 0 Å². The largest absolute Gasteiger partial charge is 0.493 e. The molecule has 0 aromatic heterocycles. The molecule has 0 bridgehead atoms. The van der Waals surface area contributed by atoms with Gasteiger partial charge in [-0.3, -0.25) is 4.79 Å². The molecular formula is C16H16O3. The Morgan fingerprint density at radius 2 is 1.58 bits per heavy atom. The van der Waals surface area contributed by atoms with Gasteiger partial charge in [0.25, 0.3) is 0 Å².